The Kier molecular flexibility index (Phi) is 2.64. The van der Waals surface area contributed by atoms with Crippen molar-refractivity contribution in [1.82, 2.24) is 5.32 Å². The van der Waals surface area contributed by atoms with Gasteiger partial charge in [0.2, 0.25) is 0 Å². The molecule has 1 aromatic carbocycles. The summed E-state index contributed by atoms with van der Waals surface area (Å²) in [5.74, 6) is 0. The molecule has 1 aliphatic rings. The molecular formula is C10H9ClF3N. The van der Waals surface area contributed by atoms with Gasteiger partial charge in [0.1, 0.15) is 6.04 Å². The number of halogens is 4. The Hall–Kier alpha value is -0.740. The maximum absolute atomic E-state index is 12.6. The number of nitrogens with one attached hydrogen (secondary N) is 1. The number of rotatable bonds is 0. The normalized spacial score (nSPS) is 21.2. The van der Waals surface area contributed by atoms with E-state index < -0.39 is 12.2 Å². The zero-order valence-corrected chi connectivity index (χ0v) is 8.49. The topological polar surface area (TPSA) is 12.0 Å². The number of benzene rings is 1. The Morgan fingerprint density at radius 1 is 1.33 bits per heavy atom. The maximum Gasteiger partial charge on any atom is 0.407 e. The molecule has 0 fully saturated rings. The van der Waals surface area contributed by atoms with Gasteiger partial charge < -0.3 is 5.32 Å². The molecule has 82 valence electrons. The van der Waals surface area contributed by atoms with Crippen LogP contribution < -0.4 is 5.32 Å². The molecule has 0 bridgehead atoms. The van der Waals surface area contributed by atoms with Crippen molar-refractivity contribution in [3.8, 4) is 0 Å². The third kappa shape index (κ3) is 1.96. The van der Waals surface area contributed by atoms with Crippen molar-refractivity contribution < 1.29 is 13.2 Å². The summed E-state index contributed by atoms with van der Waals surface area (Å²) in [5, 5.41) is 2.88. The Balaban J connectivity index is 2.48. The van der Waals surface area contributed by atoms with Gasteiger partial charge in [0.25, 0.3) is 0 Å². The van der Waals surface area contributed by atoms with Gasteiger partial charge in [0, 0.05) is 11.6 Å². The second kappa shape index (κ2) is 3.68. The van der Waals surface area contributed by atoms with Gasteiger partial charge in [-0.25, -0.2) is 0 Å². The van der Waals surface area contributed by atoms with E-state index in [9.17, 15) is 13.2 Å². The minimum Gasteiger partial charge on any atom is -0.302 e. The van der Waals surface area contributed by atoms with Gasteiger partial charge in [-0.05, 0) is 23.6 Å². The third-order valence-corrected chi connectivity index (χ3v) is 2.87. The molecule has 0 spiro atoms. The molecule has 15 heavy (non-hydrogen) atoms. The molecule has 0 aliphatic carbocycles. The first-order chi connectivity index (χ1) is 7.00. The SMILES string of the molecule is FC(F)(F)C1NCCc2c(Cl)cccc21. The van der Waals surface area contributed by atoms with Gasteiger partial charge in [0.05, 0.1) is 0 Å². The van der Waals surface area contributed by atoms with Crippen molar-refractivity contribution in [2.24, 2.45) is 0 Å². The Bertz CT molecular complexity index is 375. The number of alkyl halides is 3. The summed E-state index contributed by atoms with van der Waals surface area (Å²) in [4.78, 5) is 0. The lowest BCUT2D eigenvalue weighted by Crippen LogP contribution is -2.39. The van der Waals surface area contributed by atoms with Crippen LogP contribution in [-0.2, 0) is 6.42 Å². The van der Waals surface area contributed by atoms with Crippen LogP contribution in [0, 0.1) is 0 Å². The summed E-state index contributed by atoms with van der Waals surface area (Å²) in [5.41, 5.74) is 0.862. The molecule has 2 rings (SSSR count). The zero-order chi connectivity index (χ0) is 11.1. The molecule has 1 unspecified atom stereocenters. The molecule has 1 nitrogen and oxygen atoms in total. The Morgan fingerprint density at radius 2 is 2.07 bits per heavy atom. The van der Waals surface area contributed by atoms with Crippen LogP contribution in [-0.4, -0.2) is 12.7 Å². The highest BCUT2D eigenvalue weighted by Crippen LogP contribution is 2.38. The molecule has 0 radical (unpaired) electrons. The van der Waals surface area contributed by atoms with E-state index in [0.717, 1.165) is 0 Å². The molecule has 5 heteroatoms. The molecule has 1 aliphatic heterocycles. The van der Waals surface area contributed by atoms with Crippen LogP contribution in [0.4, 0.5) is 13.2 Å². The van der Waals surface area contributed by atoms with Gasteiger partial charge in [-0.2, -0.15) is 13.2 Å². The first kappa shape index (κ1) is 10.8. The predicted molar refractivity (Wildman–Crippen MR) is 52.0 cm³/mol. The van der Waals surface area contributed by atoms with Crippen molar-refractivity contribution in [3.63, 3.8) is 0 Å². The smallest absolute Gasteiger partial charge is 0.302 e. The summed E-state index contributed by atoms with van der Waals surface area (Å²) in [6.45, 7) is 0.306. The van der Waals surface area contributed by atoms with Crippen LogP contribution in [0.25, 0.3) is 0 Å². The minimum absolute atomic E-state index is 0.251. The van der Waals surface area contributed by atoms with Crippen molar-refractivity contribution in [1.29, 1.82) is 0 Å². The van der Waals surface area contributed by atoms with Crippen molar-refractivity contribution in [2.75, 3.05) is 6.54 Å². The van der Waals surface area contributed by atoms with Crippen molar-refractivity contribution in [2.45, 2.75) is 18.6 Å². The van der Waals surface area contributed by atoms with E-state index in [-0.39, 0.29) is 5.56 Å². The molecule has 0 saturated heterocycles. The third-order valence-electron chi connectivity index (χ3n) is 2.52. The van der Waals surface area contributed by atoms with Crippen molar-refractivity contribution in [3.05, 3.63) is 34.3 Å². The van der Waals surface area contributed by atoms with E-state index in [1.807, 2.05) is 0 Å². The number of fused-ring (bicyclic) bond motifs is 1. The molecule has 0 aromatic heterocycles. The summed E-state index contributed by atoms with van der Waals surface area (Å²) in [7, 11) is 0. The standard InChI is InChI=1S/C10H9ClF3N/c11-8-3-1-2-7-6(8)4-5-15-9(7)10(12,13)14/h1-3,9,15H,4-5H2. The van der Waals surface area contributed by atoms with E-state index >= 15 is 0 Å². The van der Waals surface area contributed by atoms with Gasteiger partial charge in [0.15, 0.2) is 0 Å². The fraction of sp³-hybridized carbons (Fsp3) is 0.400. The fourth-order valence-corrected chi connectivity index (χ4v) is 2.13. The molecule has 1 N–H and O–H groups in total. The lowest BCUT2D eigenvalue weighted by Gasteiger charge is -2.29. The fourth-order valence-electron chi connectivity index (χ4n) is 1.85. The maximum atomic E-state index is 12.6. The van der Waals surface area contributed by atoms with Gasteiger partial charge in [-0.15, -0.1) is 0 Å². The van der Waals surface area contributed by atoms with Gasteiger partial charge >= 0.3 is 6.18 Å². The second-order valence-electron chi connectivity index (χ2n) is 3.49. The largest absolute Gasteiger partial charge is 0.407 e. The quantitative estimate of drug-likeness (QED) is 0.729. The van der Waals surface area contributed by atoms with E-state index in [1.54, 1.807) is 12.1 Å². The van der Waals surface area contributed by atoms with E-state index in [1.165, 1.54) is 6.07 Å². The minimum atomic E-state index is -4.26. The highest BCUT2D eigenvalue weighted by atomic mass is 35.5. The Labute approximate surface area is 90.2 Å². The monoisotopic (exact) mass is 235 g/mol. The highest BCUT2D eigenvalue weighted by molar-refractivity contribution is 6.31. The Morgan fingerprint density at radius 3 is 2.73 bits per heavy atom. The van der Waals surface area contributed by atoms with Crippen LogP contribution in [0.5, 0.6) is 0 Å². The van der Waals surface area contributed by atoms with Crippen LogP contribution in [0.3, 0.4) is 0 Å². The lowest BCUT2D eigenvalue weighted by molar-refractivity contribution is -0.158. The first-order valence-corrected chi connectivity index (χ1v) is 4.95. The predicted octanol–water partition coefficient (Wildman–Crippen LogP) is 3.09. The molecule has 1 heterocycles. The lowest BCUT2D eigenvalue weighted by atomic mass is 9.94. The number of hydrogen-bond donors (Lipinski definition) is 1. The zero-order valence-electron chi connectivity index (χ0n) is 7.74. The highest BCUT2D eigenvalue weighted by Gasteiger charge is 2.43. The molecule has 1 atom stereocenters. The van der Waals surface area contributed by atoms with Crippen LogP contribution in [0.1, 0.15) is 17.2 Å². The number of hydrogen-bond acceptors (Lipinski definition) is 1. The second-order valence-corrected chi connectivity index (χ2v) is 3.89. The summed E-state index contributed by atoms with van der Waals surface area (Å²) < 4.78 is 37.9. The summed E-state index contributed by atoms with van der Waals surface area (Å²) >= 11 is 5.86. The van der Waals surface area contributed by atoms with E-state index in [0.29, 0.717) is 23.6 Å². The molecule has 1 aromatic rings. The molecular weight excluding hydrogens is 227 g/mol. The molecule has 0 saturated carbocycles. The average molecular weight is 236 g/mol. The van der Waals surface area contributed by atoms with Crippen molar-refractivity contribution >= 4 is 11.6 Å². The summed E-state index contributed by atoms with van der Waals surface area (Å²) in [6.07, 6.45) is -3.72. The first-order valence-electron chi connectivity index (χ1n) is 4.57. The van der Waals surface area contributed by atoms with Gasteiger partial charge in [-0.3, -0.25) is 0 Å². The molecule has 0 amide bonds. The van der Waals surface area contributed by atoms with E-state index in [2.05, 4.69) is 5.32 Å². The van der Waals surface area contributed by atoms with Crippen LogP contribution in [0.2, 0.25) is 5.02 Å². The van der Waals surface area contributed by atoms with Crippen LogP contribution in [0.15, 0.2) is 18.2 Å². The average Bonchev–Trinajstić information content (AvgIpc) is 2.16. The summed E-state index contributed by atoms with van der Waals surface area (Å²) in [6, 6.07) is 3.07. The van der Waals surface area contributed by atoms with Gasteiger partial charge in [-0.1, -0.05) is 23.7 Å². The van der Waals surface area contributed by atoms with E-state index in [4.69, 9.17) is 11.6 Å². The van der Waals surface area contributed by atoms with Crippen LogP contribution >= 0.6 is 11.6 Å².